The van der Waals surface area contributed by atoms with Crippen molar-refractivity contribution in [2.75, 3.05) is 0 Å². The normalized spacial score (nSPS) is 12.2. The van der Waals surface area contributed by atoms with Gasteiger partial charge in [-0.1, -0.05) is 15.9 Å². The minimum atomic E-state index is 0.500. The summed E-state index contributed by atoms with van der Waals surface area (Å²) >= 11 is 2.86. The highest BCUT2D eigenvalue weighted by Gasteiger charge is 1.67. The first-order valence-corrected chi connectivity index (χ1v) is 1.99. The highest BCUT2D eigenvalue weighted by molar-refractivity contribution is 9.11. The molecule has 0 fully saturated rings. The van der Waals surface area contributed by atoms with Gasteiger partial charge in [0, 0.05) is 4.48 Å². The molecule has 0 aromatic rings. The first kappa shape index (κ1) is 5.15. The summed E-state index contributed by atoms with van der Waals surface area (Å²) in [5.74, 6) is 0. The molecule has 0 aromatic carbocycles. The van der Waals surface area contributed by atoms with Gasteiger partial charge in [-0.15, -0.1) is 0 Å². The lowest BCUT2D eigenvalue weighted by molar-refractivity contribution is 0.717. The van der Waals surface area contributed by atoms with Crippen molar-refractivity contribution in [2.24, 2.45) is 0 Å². The van der Waals surface area contributed by atoms with Crippen LogP contribution in [0.3, 0.4) is 0 Å². The Morgan fingerprint density at radius 1 is 2.00 bits per heavy atom. The van der Waals surface area contributed by atoms with Gasteiger partial charge in [-0.2, -0.15) is 0 Å². The van der Waals surface area contributed by atoms with E-state index in [-0.39, 0.29) is 0 Å². The number of hydrogen-bond acceptors (Lipinski definition) is 0. The third-order valence-corrected chi connectivity index (χ3v) is 0.323. The van der Waals surface area contributed by atoms with Crippen molar-refractivity contribution in [3.8, 4) is 0 Å². The van der Waals surface area contributed by atoms with Gasteiger partial charge in [0.1, 0.15) is 0 Å². The molecule has 0 rings (SSSR count). The molecule has 0 atom stereocenters. The van der Waals surface area contributed by atoms with Crippen LogP contribution in [0, 0.1) is 0 Å². The van der Waals surface area contributed by atoms with Gasteiger partial charge in [-0.25, -0.2) is 4.39 Å². The fourth-order valence-electron chi connectivity index (χ4n) is 0. The van der Waals surface area contributed by atoms with Gasteiger partial charge in [0.25, 0.3) is 0 Å². The highest BCUT2D eigenvalue weighted by Crippen LogP contribution is 1.99. The van der Waals surface area contributed by atoms with Crippen LogP contribution in [0.5, 0.6) is 0 Å². The van der Waals surface area contributed by atoms with E-state index < -0.39 is 0 Å². The second-order valence-corrected chi connectivity index (χ2v) is 1.95. The zero-order chi connectivity index (χ0) is 4.28. The summed E-state index contributed by atoms with van der Waals surface area (Å²) < 4.78 is 11.4. The number of halogens is 2. The third-order valence-electron chi connectivity index (χ3n) is 0.150. The molecule has 0 heterocycles. The van der Waals surface area contributed by atoms with Crippen LogP contribution in [-0.2, 0) is 0 Å². The fraction of sp³-hybridized carbons (Fsp3) is 0.333. The van der Waals surface area contributed by atoms with Crippen LogP contribution in [0.1, 0.15) is 6.92 Å². The summed E-state index contributed by atoms with van der Waals surface area (Å²) in [5, 5.41) is 0. The highest BCUT2D eigenvalue weighted by atomic mass is 79.9. The lowest BCUT2D eigenvalue weighted by Gasteiger charge is -1.67. The average Bonchev–Trinajstić information content (AvgIpc) is 1.38. The average molecular weight is 139 g/mol. The lowest BCUT2D eigenvalue weighted by atomic mass is 10.8. The van der Waals surface area contributed by atoms with E-state index in [1.165, 1.54) is 0 Å². The minimum absolute atomic E-state index is 0.500. The number of hydrogen-bond donors (Lipinski definition) is 0. The molecule has 0 N–H and O–H groups in total. The predicted octanol–water partition coefficient (Wildman–Crippen LogP) is 2.21. The summed E-state index contributed by atoms with van der Waals surface area (Å²) in [6, 6.07) is 0. The van der Waals surface area contributed by atoms with Gasteiger partial charge in [0.15, 0.2) is 0 Å². The van der Waals surface area contributed by atoms with E-state index in [4.69, 9.17) is 0 Å². The summed E-state index contributed by atoms with van der Waals surface area (Å²) in [6.45, 7) is 1.62. The molecule has 0 aliphatic carbocycles. The van der Waals surface area contributed by atoms with Crippen molar-refractivity contribution in [1.29, 1.82) is 0 Å². The molecule has 0 saturated carbocycles. The van der Waals surface area contributed by atoms with Crippen molar-refractivity contribution < 1.29 is 4.39 Å². The molecular formula is C3H4BrF. The number of allylic oxidation sites excluding steroid dienone is 1. The zero-order valence-electron chi connectivity index (χ0n) is 2.83. The van der Waals surface area contributed by atoms with Crippen molar-refractivity contribution in [3.05, 3.63) is 10.8 Å². The smallest absolute Gasteiger partial charge is 0.0965 e. The van der Waals surface area contributed by atoms with E-state index in [2.05, 4.69) is 15.9 Å². The van der Waals surface area contributed by atoms with Crippen molar-refractivity contribution in [3.63, 3.8) is 0 Å². The minimum Gasteiger partial charge on any atom is -0.215 e. The molecule has 2 heteroatoms. The van der Waals surface area contributed by atoms with E-state index in [0.29, 0.717) is 10.8 Å². The maximum Gasteiger partial charge on any atom is 0.0965 e. The monoisotopic (exact) mass is 138 g/mol. The van der Waals surface area contributed by atoms with Crippen LogP contribution in [0.4, 0.5) is 4.39 Å². The van der Waals surface area contributed by atoms with Crippen molar-refractivity contribution in [1.82, 2.24) is 0 Å². The molecule has 0 aliphatic rings. The van der Waals surface area contributed by atoms with Crippen LogP contribution < -0.4 is 0 Å². The molecule has 0 radical (unpaired) electrons. The molecule has 0 aliphatic heterocycles. The van der Waals surface area contributed by atoms with E-state index in [1.807, 2.05) is 0 Å². The molecule has 0 unspecified atom stereocenters. The van der Waals surface area contributed by atoms with Gasteiger partial charge in [0.05, 0.1) is 6.33 Å². The third kappa shape index (κ3) is 4.15. The Balaban J connectivity index is 3.14. The molecule has 5 heavy (non-hydrogen) atoms. The van der Waals surface area contributed by atoms with Crippen LogP contribution in [-0.4, -0.2) is 0 Å². The van der Waals surface area contributed by atoms with Crippen molar-refractivity contribution in [2.45, 2.75) is 6.92 Å². The Morgan fingerprint density at radius 3 is 2.20 bits per heavy atom. The van der Waals surface area contributed by atoms with Gasteiger partial charge < -0.3 is 0 Å². The van der Waals surface area contributed by atoms with Gasteiger partial charge in [-0.3, -0.25) is 0 Å². The Kier molecular flexibility index (Phi) is 2.46. The Morgan fingerprint density at radius 2 is 2.20 bits per heavy atom. The van der Waals surface area contributed by atoms with E-state index in [1.54, 1.807) is 6.92 Å². The lowest BCUT2D eigenvalue weighted by Crippen LogP contribution is -1.41. The summed E-state index contributed by atoms with van der Waals surface area (Å²) in [4.78, 5) is 0. The SMILES string of the molecule is C/C(Br)=C\F. The fourth-order valence-corrected chi connectivity index (χ4v) is 0. The van der Waals surface area contributed by atoms with Gasteiger partial charge in [-0.05, 0) is 6.92 Å². The maximum atomic E-state index is 10.9. The standard InChI is InChI=1S/C3H4BrF/c1-3(4)2-5/h2H,1H3/b3-2+. The molecule has 0 bridgehead atoms. The predicted molar refractivity (Wildman–Crippen MR) is 23.8 cm³/mol. The van der Waals surface area contributed by atoms with Crippen LogP contribution in [0.15, 0.2) is 10.8 Å². The summed E-state index contributed by atoms with van der Waals surface area (Å²) in [7, 11) is 0. The molecule has 0 amide bonds. The second-order valence-electron chi connectivity index (χ2n) is 0.696. The van der Waals surface area contributed by atoms with E-state index >= 15 is 0 Å². The quantitative estimate of drug-likeness (QED) is 0.482. The molecule has 0 nitrogen and oxygen atoms in total. The number of rotatable bonds is 0. The molecule has 0 spiro atoms. The van der Waals surface area contributed by atoms with Gasteiger partial charge >= 0.3 is 0 Å². The van der Waals surface area contributed by atoms with E-state index in [0.717, 1.165) is 0 Å². The summed E-state index contributed by atoms with van der Waals surface area (Å²) in [5.41, 5.74) is 0. The maximum absolute atomic E-state index is 10.9. The zero-order valence-corrected chi connectivity index (χ0v) is 4.42. The van der Waals surface area contributed by atoms with Crippen molar-refractivity contribution >= 4 is 15.9 Å². The molecule has 30 valence electrons. The van der Waals surface area contributed by atoms with Crippen LogP contribution >= 0.6 is 15.9 Å². The molecule has 0 aromatic heterocycles. The first-order chi connectivity index (χ1) is 2.27. The Hall–Kier alpha value is 0.150. The Labute approximate surface area is 38.8 Å². The first-order valence-electron chi connectivity index (χ1n) is 1.20. The molecule has 0 saturated heterocycles. The van der Waals surface area contributed by atoms with Crippen LogP contribution in [0.25, 0.3) is 0 Å². The Bertz CT molecular complexity index is 44.9. The topological polar surface area (TPSA) is 0 Å². The second kappa shape index (κ2) is 2.39. The molecular weight excluding hydrogens is 135 g/mol. The largest absolute Gasteiger partial charge is 0.215 e. The van der Waals surface area contributed by atoms with Gasteiger partial charge in [0.2, 0.25) is 0 Å². The van der Waals surface area contributed by atoms with E-state index in [9.17, 15) is 4.39 Å². The summed E-state index contributed by atoms with van der Waals surface area (Å²) in [6.07, 6.45) is 0.500. The van der Waals surface area contributed by atoms with Crippen LogP contribution in [0.2, 0.25) is 0 Å².